The molecule has 0 unspecified atom stereocenters. The van der Waals surface area contributed by atoms with Gasteiger partial charge in [-0.2, -0.15) is 0 Å². The van der Waals surface area contributed by atoms with Crippen LogP contribution in [-0.2, 0) is 9.47 Å². The first-order valence-corrected chi connectivity index (χ1v) is 3.18. The Morgan fingerprint density at radius 3 is 2.89 bits per heavy atom. The minimum Gasteiger partial charge on any atom is -0.352 e. The van der Waals surface area contributed by atoms with Gasteiger partial charge in [0.05, 0.1) is 6.10 Å². The normalized spacial score (nSPS) is 34.9. The van der Waals surface area contributed by atoms with Gasteiger partial charge in [-0.15, -0.1) is 0 Å². The fourth-order valence-electron chi connectivity index (χ4n) is 0.845. The van der Waals surface area contributed by atoms with Crippen LogP contribution in [0.3, 0.4) is 0 Å². The molecule has 0 aromatic heterocycles. The van der Waals surface area contributed by atoms with Crippen LogP contribution in [0.1, 0.15) is 13.3 Å². The highest BCUT2D eigenvalue weighted by molar-refractivity contribution is 4.91. The second-order valence-electron chi connectivity index (χ2n) is 2.21. The molecule has 0 radical (unpaired) electrons. The Bertz CT molecular complexity index is 109. The van der Waals surface area contributed by atoms with Crippen molar-refractivity contribution in [3.05, 3.63) is 12.2 Å². The summed E-state index contributed by atoms with van der Waals surface area (Å²) < 4.78 is 10.3. The SMILES string of the molecule is CO[C@@H]1C=CC[C@H](C)O1. The van der Waals surface area contributed by atoms with Crippen molar-refractivity contribution in [3.8, 4) is 0 Å². The van der Waals surface area contributed by atoms with Crippen molar-refractivity contribution in [2.75, 3.05) is 7.11 Å². The summed E-state index contributed by atoms with van der Waals surface area (Å²) in [4.78, 5) is 0. The molecule has 0 saturated carbocycles. The quantitative estimate of drug-likeness (QED) is 0.496. The molecule has 0 aromatic rings. The summed E-state index contributed by atoms with van der Waals surface area (Å²) in [5.41, 5.74) is 0. The lowest BCUT2D eigenvalue weighted by molar-refractivity contribution is -0.125. The molecule has 0 bridgehead atoms. The van der Waals surface area contributed by atoms with Crippen LogP contribution < -0.4 is 0 Å². The Kier molecular flexibility index (Phi) is 2.25. The average Bonchev–Trinajstić information content (AvgIpc) is 1.88. The highest BCUT2D eigenvalue weighted by Crippen LogP contribution is 2.10. The maximum atomic E-state index is 5.33. The van der Waals surface area contributed by atoms with Gasteiger partial charge in [-0.1, -0.05) is 6.08 Å². The summed E-state index contributed by atoms with van der Waals surface area (Å²) in [6.07, 6.45) is 5.20. The summed E-state index contributed by atoms with van der Waals surface area (Å²) >= 11 is 0. The van der Waals surface area contributed by atoms with Gasteiger partial charge in [0.15, 0.2) is 6.29 Å². The summed E-state index contributed by atoms with van der Waals surface area (Å²) in [7, 11) is 1.65. The minimum atomic E-state index is -0.117. The number of ether oxygens (including phenoxy) is 2. The lowest BCUT2D eigenvalue weighted by Gasteiger charge is -2.21. The van der Waals surface area contributed by atoms with Gasteiger partial charge in [0.1, 0.15) is 0 Å². The Morgan fingerprint density at radius 2 is 2.44 bits per heavy atom. The summed E-state index contributed by atoms with van der Waals surface area (Å²) in [6.45, 7) is 2.04. The molecule has 1 aliphatic heterocycles. The maximum Gasteiger partial charge on any atom is 0.176 e. The summed E-state index contributed by atoms with van der Waals surface area (Å²) in [6, 6.07) is 0. The lowest BCUT2D eigenvalue weighted by atomic mass is 10.2. The fourth-order valence-corrected chi connectivity index (χ4v) is 0.845. The molecule has 2 atom stereocenters. The van der Waals surface area contributed by atoms with Crippen molar-refractivity contribution in [2.45, 2.75) is 25.7 Å². The predicted octanol–water partition coefficient (Wildman–Crippen LogP) is 1.32. The van der Waals surface area contributed by atoms with Crippen molar-refractivity contribution in [1.29, 1.82) is 0 Å². The lowest BCUT2D eigenvalue weighted by Crippen LogP contribution is -2.22. The van der Waals surface area contributed by atoms with Crippen molar-refractivity contribution in [2.24, 2.45) is 0 Å². The average molecular weight is 128 g/mol. The van der Waals surface area contributed by atoms with Crippen molar-refractivity contribution in [3.63, 3.8) is 0 Å². The van der Waals surface area contributed by atoms with Crippen LogP contribution in [0.5, 0.6) is 0 Å². The number of hydrogen-bond acceptors (Lipinski definition) is 2. The molecule has 0 N–H and O–H groups in total. The smallest absolute Gasteiger partial charge is 0.176 e. The van der Waals surface area contributed by atoms with Gasteiger partial charge in [0.25, 0.3) is 0 Å². The summed E-state index contributed by atoms with van der Waals surface area (Å²) in [5.74, 6) is 0. The Labute approximate surface area is 55.5 Å². The van der Waals surface area contributed by atoms with Gasteiger partial charge in [-0.25, -0.2) is 0 Å². The van der Waals surface area contributed by atoms with Crippen LogP contribution in [0.15, 0.2) is 12.2 Å². The fraction of sp³-hybridized carbons (Fsp3) is 0.714. The van der Waals surface area contributed by atoms with E-state index in [1.807, 2.05) is 13.0 Å². The zero-order chi connectivity index (χ0) is 6.69. The van der Waals surface area contributed by atoms with E-state index in [0.29, 0.717) is 6.10 Å². The van der Waals surface area contributed by atoms with E-state index in [2.05, 4.69) is 6.08 Å². The largest absolute Gasteiger partial charge is 0.352 e. The molecule has 1 rings (SSSR count). The van der Waals surface area contributed by atoms with Crippen LogP contribution in [0, 0.1) is 0 Å². The van der Waals surface area contributed by atoms with Crippen LogP contribution in [0.2, 0.25) is 0 Å². The van der Waals surface area contributed by atoms with Gasteiger partial charge in [0, 0.05) is 7.11 Å². The van der Waals surface area contributed by atoms with E-state index in [9.17, 15) is 0 Å². The number of methoxy groups -OCH3 is 1. The predicted molar refractivity (Wildman–Crippen MR) is 35.1 cm³/mol. The zero-order valence-corrected chi connectivity index (χ0v) is 5.83. The molecule has 0 fully saturated rings. The Hall–Kier alpha value is -0.340. The van der Waals surface area contributed by atoms with Crippen LogP contribution in [-0.4, -0.2) is 19.5 Å². The van der Waals surface area contributed by atoms with E-state index in [0.717, 1.165) is 6.42 Å². The van der Waals surface area contributed by atoms with E-state index >= 15 is 0 Å². The number of hydrogen-bond donors (Lipinski definition) is 0. The molecular weight excluding hydrogens is 116 g/mol. The van der Waals surface area contributed by atoms with Gasteiger partial charge in [-0.05, 0) is 19.4 Å². The highest BCUT2D eigenvalue weighted by Gasteiger charge is 2.11. The van der Waals surface area contributed by atoms with Gasteiger partial charge >= 0.3 is 0 Å². The first kappa shape index (κ1) is 6.78. The third kappa shape index (κ3) is 1.80. The topological polar surface area (TPSA) is 18.5 Å². The zero-order valence-electron chi connectivity index (χ0n) is 5.83. The Balaban J connectivity index is 2.39. The van der Waals surface area contributed by atoms with Crippen molar-refractivity contribution in [1.82, 2.24) is 0 Å². The second-order valence-corrected chi connectivity index (χ2v) is 2.21. The second kappa shape index (κ2) is 2.99. The molecule has 9 heavy (non-hydrogen) atoms. The van der Waals surface area contributed by atoms with Crippen LogP contribution in [0.25, 0.3) is 0 Å². The monoisotopic (exact) mass is 128 g/mol. The first-order chi connectivity index (χ1) is 4.33. The third-order valence-electron chi connectivity index (χ3n) is 1.36. The van der Waals surface area contributed by atoms with E-state index in [1.165, 1.54) is 0 Å². The Morgan fingerprint density at radius 1 is 1.67 bits per heavy atom. The molecule has 2 nitrogen and oxygen atoms in total. The highest BCUT2D eigenvalue weighted by atomic mass is 16.7. The third-order valence-corrected chi connectivity index (χ3v) is 1.36. The molecule has 0 aliphatic carbocycles. The minimum absolute atomic E-state index is 0.117. The number of rotatable bonds is 1. The van der Waals surface area contributed by atoms with Crippen molar-refractivity contribution < 1.29 is 9.47 Å². The van der Waals surface area contributed by atoms with E-state index in [4.69, 9.17) is 9.47 Å². The van der Waals surface area contributed by atoms with Gasteiger partial charge < -0.3 is 9.47 Å². The molecule has 0 spiro atoms. The van der Waals surface area contributed by atoms with Crippen LogP contribution in [0.4, 0.5) is 0 Å². The van der Waals surface area contributed by atoms with Crippen LogP contribution >= 0.6 is 0 Å². The molecule has 0 amide bonds. The molecule has 2 heteroatoms. The molecule has 52 valence electrons. The van der Waals surface area contributed by atoms with E-state index in [1.54, 1.807) is 7.11 Å². The summed E-state index contributed by atoms with van der Waals surface area (Å²) in [5, 5.41) is 0. The molecule has 1 heterocycles. The molecule has 1 aliphatic rings. The van der Waals surface area contributed by atoms with Crippen molar-refractivity contribution >= 4 is 0 Å². The van der Waals surface area contributed by atoms with E-state index < -0.39 is 0 Å². The first-order valence-electron chi connectivity index (χ1n) is 3.18. The molecule has 0 saturated heterocycles. The van der Waals surface area contributed by atoms with E-state index in [-0.39, 0.29) is 6.29 Å². The van der Waals surface area contributed by atoms with Gasteiger partial charge in [-0.3, -0.25) is 0 Å². The maximum absolute atomic E-state index is 5.33. The molecule has 0 aromatic carbocycles. The standard InChI is InChI=1S/C7H12O2/c1-6-4-3-5-7(8-2)9-6/h3,5-7H,4H2,1-2H3/t6-,7-/m0/s1. The van der Waals surface area contributed by atoms with Gasteiger partial charge in [0.2, 0.25) is 0 Å². The molecular formula is C7H12O2.